The van der Waals surface area contributed by atoms with Crippen molar-refractivity contribution in [2.24, 2.45) is 0 Å². The van der Waals surface area contributed by atoms with Crippen molar-refractivity contribution in [3.63, 3.8) is 0 Å². The molecule has 4 rings (SSSR count). The van der Waals surface area contributed by atoms with Gasteiger partial charge in [-0.25, -0.2) is 9.78 Å². The van der Waals surface area contributed by atoms with Crippen LogP contribution in [0.2, 0.25) is 0 Å². The molecule has 0 unspecified atom stereocenters. The number of rotatable bonds is 3. The summed E-state index contributed by atoms with van der Waals surface area (Å²) in [5, 5.41) is 4.66. The van der Waals surface area contributed by atoms with Crippen LogP contribution in [0.1, 0.15) is 0 Å². The molecule has 24 heavy (non-hydrogen) atoms. The number of nitrogen functional groups attached to an aromatic ring is 1. The van der Waals surface area contributed by atoms with Gasteiger partial charge in [-0.3, -0.25) is 0 Å². The van der Waals surface area contributed by atoms with Crippen LogP contribution < -0.4 is 16.7 Å². The maximum absolute atomic E-state index is 12.3. The number of anilines is 3. The van der Waals surface area contributed by atoms with Gasteiger partial charge >= 0.3 is 5.63 Å². The molecule has 0 saturated heterocycles. The van der Waals surface area contributed by atoms with Gasteiger partial charge in [0, 0.05) is 11.1 Å². The molecule has 0 atom stereocenters. The Hall–Kier alpha value is -3.12. The molecule has 2 aromatic heterocycles. The summed E-state index contributed by atoms with van der Waals surface area (Å²) in [6.07, 6.45) is 0. The van der Waals surface area contributed by atoms with Gasteiger partial charge < -0.3 is 15.5 Å². The molecule has 5 nitrogen and oxygen atoms in total. The number of benzene rings is 2. The molecule has 0 saturated carbocycles. The van der Waals surface area contributed by atoms with Gasteiger partial charge in [0.25, 0.3) is 0 Å². The molecule has 6 heteroatoms. The molecule has 0 spiro atoms. The summed E-state index contributed by atoms with van der Waals surface area (Å²) >= 11 is 1.32. The average Bonchev–Trinajstić information content (AvgIpc) is 2.95. The van der Waals surface area contributed by atoms with E-state index in [-0.39, 0.29) is 0 Å². The van der Waals surface area contributed by atoms with Crippen LogP contribution in [0.4, 0.5) is 16.6 Å². The quantitative estimate of drug-likeness (QED) is 0.547. The highest BCUT2D eigenvalue weighted by Crippen LogP contribution is 2.35. The maximum atomic E-state index is 12.3. The minimum Gasteiger partial charge on any atom is -0.422 e. The Labute approximate surface area is 141 Å². The molecule has 0 bridgehead atoms. The zero-order valence-electron chi connectivity index (χ0n) is 12.5. The molecular weight excluding hydrogens is 322 g/mol. The van der Waals surface area contributed by atoms with Crippen molar-refractivity contribution >= 4 is 38.9 Å². The van der Waals surface area contributed by atoms with Gasteiger partial charge in [0.15, 0.2) is 5.13 Å². The monoisotopic (exact) mass is 335 g/mol. The maximum Gasteiger partial charge on any atom is 0.345 e. The first-order valence-electron chi connectivity index (χ1n) is 7.32. The van der Waals surface area contributed by atoms with Crippen LogP contribution in [-0.4, -0.2) is 4.98 Å². The summed E-state index contributed by atoms with van der Waals surface area (Å²) in [4.78, 5) is 17.2. The van der Waals surface area contributed by atoms with E-state index in [1.165, 1.54) is 11.3 Å². The third-order valence-electron chi connectivity index (χ3n) is 3.56. The Morgan fingerprint density at radius 1 is 1.04 bits per heavy atom. The molecule has 3 N–H and O–H groups in total. The average molecular weight is 335 g/mol. The molecule has 0 aliphatic heterocycles. The van der Waals surface area contributed by atoms with Crippen molar-refractivity contribution in [1.29, 1.82) is 0 Å². The van der Waals surface area contributed by atoms with E-state index in [0.29, 0.717) is 27.0 Å². The van der Waals surface area contributed by atoms with E-state index in [9.17, 15) is 4.79 Å². The molecule has 118 valence electrons. The molecule has 4 aromatic rings. The number of thiazole rings is 1. The molecule has 0 aliphatic rings. The normalized spacial score (nSPS) is 10.8. The number of nitrogens with one attached hydrogen (secondary N) is 1. The molecule has 0 fully saturated rings. The van der Waals surface area contributed by atoms with Crippen molar-refractivity contribution in [3.05, 3.63) is 71.1 Å². The minimum absolute atomic E-state index is 0.306. The molecule has 2 aromatic carbocycles. The zero-order valence-corrected chi connectivity index (χ0v) is 13.3. The van der Waals surface area contributed by atoms with E-state index >= 15 is 0 Å². The summed E-state index contributed by atoms with van der Waals surface area (Å²) < 4.78 is 5.38. The third kappa shape index (κ3) is 2.63. The summed E-state index contributed by atoms with van der Waals surface area (Å²) in [5.74, 6) is 0.306. The van der Waals surface area contributed by atoms with Crippen molar-refractivity contribution in [2.75, 3.05) is 11.1 Å². The predicted octanol–water partition coefficient (Wildman–Crippen LogP) is 4.24. The van der Waals surface area contributed by atoms with Crippen LogP contribution in [0, 0.1) is 0 Å². The topological polar surface area (TPSA) is 81.2 Å². The molecule has 0 amide bonds. The number of fused-ring (bicyclic) bond motifs is 1. The van der Waals surface area contributed by atoms with Crippen LogP contribution in [0.5, 0.6) is 0 Å². The number of hydrogen-bond donors (Lipinski definition) is 2. The van der Waals surface area contributed by atoms with E-state index < -0.39 is 5.63 Å². The standard InChI is InChI=1S/C18H13N3O2S/c19-16-15(24-18(21-16)20-12-7-2-1-3-8-12)13-10-11-6-4-5-9-14(11)23-17(13)22/h1-10H,19H2,(H,20,21). The Bertz CT molecular complexity index is 1070. The number of para-hydroxylation sites is 2. The van der Waals surface area contributed by atoms with E-state index in [2.05, 4.69) is 10.3 Å². The van der Waals surface area contributed by atoms with Crippen molar-refractivity contribution in [2.45, 2.75) is 0 Å². The SMILES string of the molecule is Nc1nc(Nc2ccccc2)sc1-c1cc2ccccc2oc1=O. The molecule has 0 aliphatic carbocycles. The highest BCUT2D eigenvalue weighted by Gasteiger charge is 2.16. The second kappa shape index (κ2) is 5.82. The first-order chi connectivity index (χ1) is 11.7. The summed E-state index contributed by atoms with van der Waals surface area (Å²) in [6.45, 7) is 0. The number of nitrogens with zero attached hydrogens (tertiary/aromatic N) is 1. The molecule has 2 heterocycles. The van der Waals surface area contributed by atoms with Gasteiger partial charge in [0.05, 0.1) is 10.4 Å². The molecular formula is C18H13N3O2S. The minimum atomic E-state index is -0.421. The van der Waals surface area contributed by atoms with E-state index in [1.54, 1.807) is 12.1 Å². The number of aromatic nitrogens is 1. The lowest BCUT2D eigenvalue weighted by Crippen LogP contribution is -2.03. The highest BCUT2D eigenvalue weighted by atomic mass is 32.1. The summed E-state index contributed by atoms with van der Waals surface area (Å²) in [6, 6.07) is 18.8. The lowest BCUT2D eigenvalue weighted by molar-refractivity contribution is 0.564. The fourth-order valence-electron chi connectivity index (χ4n) is 2.44. The van der Waals surface area contributed by atoms with Crippen LogP contribution in [-0.2, 0) is 0 Å². The van der Waals surface area contributed by atoms with E-state index in [1.807, 2.05) is 48.5 Å². The summed E-state index contributed by atoms with van der Waals surface area (Å²) in [5.41, 5.74) is 7.48. The third-order valence-corrected chi connectivity index (χ3v) is 4.58. The fourth-order valence-corrected chi connectivity index (χ4v) is 3.35. The highest BCUT2D eigenvalue weighted by molar-refractivity contribution is 7.19. The van der Waals surface area contributed by atoms with Gasteiger partial charge in [0.1, 0.15) is 11.4 Å². The van der Waals surface area contributed by atoms with E-state index in [4.69, 9.17) is 10.2 Å². The van der Waals surface area contributed by atoms with Gasteiger partial charge in [-0.2, -0.15) is 0 Å². The van der Waals surface area contributed by atoms with Gasteiger partial charge in [0.2, 0.25) is 0 Å². The lowest BCUT2D eigenvalue weighted by Gasteiger charge is -2.01. The van der Waals surface area contributed by atoms with Crippen LogP contribution in [0.15, 0.2) is 69.9 Å². The van der Waals surface area contributed by atoms with Crippen molar-refractivity contribution in [1.82, 2.24) is 4.98 Å². The van der Waals surface area contributed by atoms with Crippen LogP contribution in [0.3, 0.4) is 0 Å². The predicted molar refractivity (Wildman–Crippen MR) is 97.7 cm³/mol. The summed E-state index contributed by atoms with van der Waals surface area (Å²) in [7, 11) is 0. The second-order valence-corrected chi connectivity index (χ2v) is 6.21. The fraction of sp³-hybridized carbons (Fsp3) is 0. The van der Waals surface area contributed by atoms with Gasteiger partial charge in [-0.15, -0.1) is 0 Å². The molecule has 0 radical (unpaired) electrons. The second-order valence-electron chi connectivity index (χ2n) is 5.21. The zero-order chi connectivity index (χ0) is 16.5. The largest absolute Gasteiger partial charge is 0.422 e. The number of nitrogens with two attached hydrogens (primary N) is 1. The van der Waals surface area contributed by atoms with Gasteiger partial charge in [-0.1, -0.05) is 47.7 Å². The smallest absolute Gasteiger partial charge is 0.345 e. The van der Waals surface area contributed by atoms with Crippen molar-refractivity contribution < 1.29 is 4.42 Å². The van der Waals surface area contributed by atoms with Crippen molar-refractivity contribution in [3.8, 4) is 10.4 Å². The van der Waals surface area contributed by atoms with Crippen LogP contribution >= 0.6 is 11.3 Å². The first-order valence-corrected chi connectivity index (χ1v) is 8.14. The first kappa shape index (κ1) is 14.5. The Morgan fingerprint density at radius 3 is 2.62 bits per heavy atom. The Morgan fingerprint density at radius 2 is 1.79 bits per heavy atom. The Kier molecular flexibility index (Phi) is 3.51. The van der Waals surface area contributed by atoms with Crippen LogP contribution in [0.25, 0.3) is 21.4 Å². The van der Waals surface area contributed by atoms with Gasteiger partial charge in [-0.05, 0) is 24.3 Å². The lowest BCUT2D eigenvalue weighted by atomic mass is 10.1. The van der Waals surface area contributed by atoms with E-state index in [0.717, 1.165) is 11.1 Å². The number of hydrogen-bond acceptors (Lipinski definition) is 6. The Balaban J connectivity index is 1.77.